The first-order valence-electron chi connectivity index (χ1n) is 6.80. The number of rotatable bonds is 6. The summed E-state index contributed by atoms with van der Waals surface area (Å²) in [6, 6.07) is 0. The zero-order valence-electron chi connectivity index (χ0n) is 11.0. The van der Waals surface area contributed by atoms with Gasteiger partial charge in [0.25, 0.3) is 0 Å². The molecule has 3 nitrogen and oxygen atoms in total. The lowest BCUT2D eigenvalue weighted by atomic mass is 9.96. The van der Waals surface area contributed by atoms with Gasteiger partial charge in [-0.1, -0.05) is 32.6 Å². The van der Waals surface area contributed by atoms with Crippen molar-refractivity contribution in [1.29, 1.82) is 0 Å². The van der Waals surface area contributed by atoms with Crippen LogP contribution in [0, 0.1) is 5.92 Å². The molecule has 0 aliphatic heterocycles. The van der Waals surface area contributed by atoms with Crippen LogP contribution >= 0.6 is 12.4 Å². The van der Waals surface area contributed by atoms with E-state index in [1.807, 2.05) is 0 Å². The van der Waals surface area contributed by atoms with Crippen molar-refractivity contribution in [2.24, 2.45) is 5.92 Å². The average molecular weight is 263 g/mol. The summed E-state index contributed by atoms with van der Waals surface area (Å²) in [6.07, 6.45) is 8.59. The van der Waals surface area contributed by atoms with Crippen molar-refractivity contribution >= 4 is 18.3 Å². The first-order valence-corrected chi connectivity index (χ1v) is 6.80. The minimum absolute atomic E-state index is 0. The molecule has 2 N–H and O–H groups in total. The Morgan fingerprint density at radius 1 is 1.12 bits per heavy atom. The summed E-state index contributed by atoms with van der Waals surface area (Å²) < 4.78 is 0. The molecule has 1 amide bonds. The zero-order valence-corrected chi connectivity index (χ0v) is 11.8. The number of hydrogen-bond donors (Lipinski definition) is 2. The van der Waals surface area contributed by atoms with Gasteiger partial charge >= 0.3 is 0 Å². The van der Waals surface area contributed by atoms with Crippen LogP contribution in [0.3, 0.4) is 0 Å². The molecule has 1 rings (SSSR count). The molecule has 0 atom stereocenters. The molecular weight excluding hydrogens is 236 g/mol. The second-order valence-corrected chi connectivity index (χ2v) is 4.77. The summed E-state index contributed by atoms with van der Waals surface area (Å²) in [4.78, 5) is 11.6. The number of amides is 1. The summed E-state index contributed by atoms with van der Waals surface area (Å²) in [5, 5.41) is 6.19. The largest absolute Gasteiger partial charge is 0.355 e. The lowest BCUT2D eigenvalue weighted by molar-refractivity contribution is -0.122. The predicted molar refractivity (Wildman–Crippen MR) is 74.6 cm³/mol. The Bertz CT molecular complexity index is 192. The number of halogens is 1. The summed E-state index contributed by atoms with van der Waals surface area (Å²) >= 11 is 0. The molecule has 4 heteroatoms. The Hall–Kier alpha value is -0.280. The Kier molecular flexibility index (Phi) is 10.7. The van der Waals surface area contributed by atoms with Gasteiger partial charge in [-0.05, 0) is 25.3 Å². The molecule has 0 heterocycles. The van der Waals surface area contributed by atoms with Crippen molar-refractivity contribution in [2.75, 3.05) is 19.6 Å². The van der Waals surface area contributed by atoms with Crippen LogP contribution in [0.5, 0.6) is 0 Å². The smallest absolute Gasteiger partial charge is 0.220 e. The average Bonchev–Trinajstić information content (AvgIpc) is 2.53. The van der Waals surface area contributed by atoms with Gasteiger partial charge in [0.2, 0.25) is 5.91 Å². The van der Waals surface area contributed by atoms with E-state index in [-0.39, 0.29) is 18.3 Å². The fourth-order valence-corrected chi connectivity index (χ4v) is 2.37. The number of carbonyl (C=O) groups is 1. The quantitative estimate of drug-likeness (QED) is 0.570. The molecule has 0 bridgehead atoms. The standard InChI is InChI=1S/C13H26N2O.ClH/c1-2-14-9-10-15-13(16)11-12-7-5-3-4-6-8-12;/h12,14H,2-11H2,1H3,(H,15,16);1H. The maximum atomic E-state index is 11.6. The third kappa shape index (κ3) is 8.44. The van der Waals surface area contributed by atoms with E-state index >= 15 is 0 Å². The molecule has 0 aromatic rings. The van der Waals surface area contributed by atoms with E-state index < -0.39 is 0 Å². The maximum absolute atomic E-state index is 11.6. The highest BCUT2D eigenvalue weighted by Gasteiger charge is 2.15. The molecule has 0 unspecified atom stereocenters. The summed E-state index contributed by atoms with van der Waals surface area (Å²) in [6.45, 7) is 4.69. The van der Waals surface area contributed by atoms with E-state index in [2.05, 4.69) is 17.6 Å². The van der Waals surface area contributed by atoms with E-state index in [1.165, 1.54) is 38.5 Å². The van der Waals surface area contributed by atoms with Gasteiger partial charge in [-0.15, -0.1) is 12.4 Å². The first-order chi connectivity index (χ1) is 7.83. The molecule has 1 saturated carbocycles. The molecule has 102 valence electrons. The predicted octanol–water partition coefficient (Wildman–Crippen LogP) is 2.49. The van der Waals surface area contributed by atoms with Crippen molar-refractivity contribution in [3.63, 3.8) is 0 Å². The van der Waals surface area contributed by atoms with Crippen molar-refractivity contribution < 1.29 is 4.79 Å². The Labute approximate surface area is 112 Å². The molecule has 1 aliphatic rings. The van der Waals surface area contributed by atoms with Gasteiger partial charge in [-0.25, -0.2) is 0 Å². The van der Waals surface area contributed by atoms with Gasteiger partial charge in [-0.2, -0.15) is 0 Å². The highest BCUT2D eigenvalue weighted by molar-refractivity contribution is 5.85. The minimum Gasteiger partial charge on any atom is -0.355 e. The summed E-state index contributed by atoms with van der Waals surface area (Å²) in [5.41, 5.74) is 0. The highest BCUT2D eigenvalue weighted by atomic mass is 35.5. The van der Waals surface area contributed by atoms with Gasteiger partial charge in [0.1, 0.15) is 0 Å². The third-order valence-corrected chi connectivity index (χ3v) is 3.32. The minimum atomic E-state index is 0. The topological polar surface area (TPSA) is 41.1 Å². The van der Waals surface area contributed by atoms with Crippen molar-refractivity contribution in [3.8, 4) is 0 Å². The molecule has 17 heavy (non-hydrogen) atoms. The molecule has 0 radical (unpaired) electrons. The monoisotopic (exact) mass is 262 g/mol. The van der Waals surface area contributed by atoms with Gasteiger partial charge < -0.3 is 10.6 Å². The van der Waals surface area contributed by atoms with Crippen LogP contribution in [0.4, 0.5) is 0 Å². The van der Waals surface area contributed by atoms with E-state index in [1.54, 1.807) is 0 Å². The molecular formula is C13H27ClN2O. The van der Waals surface area contributed by atoms with Gasteiger partial charge in [0.05, 0.1) is 0 Å². The summed E-state index contributed by atoms with van der Waals surface area (Å²) in [7, 11) is 0. The molecule has 0 aromatic heterocycles. The van der Waals surface area contributed by atoms with Crippen LogP contribution in [-0.2, 0) is 4.79 Å². The SMILES string of the molecule is CCNCCNC(=O)CC1CCCCCC1.Cl. The van der Waals surface area contributed by atoms with Gasteiger partial charge in [0, 0.05) is 19.5 Å². The number of hydrogen-bond acceptors (Lipinski definition) is 2. The Morgan fingerprint density at radius 2 is 1.76 bits per heavy atom. The first kappa shape index (κ1) is 16.7. The van der Waals surface area contributed by atoms with Crippen LogP contribution in [0.1, 0.15) is 51.9 Å². The molecule has 1 fully saturated rings. The van der Waals surface area contributed by atoms with Crippen molar-refractivity contribution in [1.82, 2.24) is 10.6 Å². The number of likely N-dealkylation sites (N-methyl/N-ethyl adjacent to an activating group) is 1. The van der Waals surface area contributed by atoms with Crippen LogP contribution in [0.2, 0.25) is 0 Å². The maximum Gasteiger partial charge on any atom is 0.220 e. The zero-order chi connectivity index (χ0) is 11.6. The highest BCUT2D eigenvalue weighted by Crippen LogP contribution is 2.25. The van der Waals surface area contributed by atoms with Crippen molar-refractivity contribution in [2.45, 2.75) is 51.9 Å². The normalized spacial score (nSPS) is 17.0. The second kappa shape index (κ2) is 10.8. The second-order valence-electron chi connectivity index (χ2n) is 4.77. The van der Waals surface area contributed by atoms with E-state index in [0.29, 0.717) is 5.92 Å². The van der Waals surface area contributed by atoms with E-state index in [4.69, 9.17) is 0 Å². The molecule has 0 aromatic carbocycles. The number of carbonyl (C=O) groups excluding carboxylic acids is 1. The Balaban J connectivity index is 0.00000256. The fraction of sp³-hybridized carbons (Fsp3) is 0.923. The van der Waals surface area contributed by atoms with Crippen LogP contribution < -0.4 is 10.6 Å². The molecule has 0 saturated heterocycles. The molecule has 0 spiro atoms. The van der Waals surface area contributed by atoms with E-state index in [0.717, 1.165) is 26.1 Å². The number of nitrogens with one attached hydrogen (secondary N) is 2. The van der Waals surface area contributed by atoms with Gasteiger partial charge in [-0.3, -0.25) is 4.79 Å². The van der Waals surface area contributed by atoms with Crippen LogP contribution in [-0.4, -0.2) is 25.5 Å². The lowest BCUT2D eigenvalue weighted by Crippen LogP contribution is -2.32. The Morgan fingerprint density at radius 3 is 2.35 bits per heavy atom. The third-order valence-electron chi connectivity index (χ3n) is 3.32. The molecule has 1 aliphatic carbocycles. The van der Waals surface area contributed by atoms with Crippen LogP contribution in [0.25, 0.3) is 0 Å². The lowest BCUT2D eigenvalue weighted by Gasteiger charge is -2.13. The van der Waals surface area contributed by atoms with Gasteiger partial charge in [0.15, 0.2) is 0 Å². The van der Waals surface area contributed by atoms with Crippen molar-refractivity contribution in [3.05, 3.63) is 0 Å². The fourth-order valence-electron chi connectivity index (χ4n) is 2.37. The van der Waals surface area contributed by atoms with E-state index in [9.17, 15) is 4.79 Å². The summed E-state index contributed by atoms with van der Waals surface area (Å²) in [5.74, 6) is 0.881. The van der Waals surface area contributed by atoms with Crippen LogP contribution in [0.15, 0.2) is 0 Å².